The second-order valence-corrected chi connectivity index (χ2v) is 32.0. The first-order chi connectivity index (χ1) is 31.6. The number of ketones is 1. The van der Waals surface area contributed by atoms with Crippen LogP contribution in [0.2, 0.25) is 36.3 Å². The molecule has 2 N–H and O–H groups in total. The second kappa shape index (κ2) is 22.8. The molecule has 11 nitrogen and oxygen atoms in total. The Labute approximate surface area is 409 Å². The van der Waals surface area contributed by atoms with Gasteiger partial charge in [-0.1, -0.05) is 103 Å². The minimum atomic E-state index is -2.16. The molecule has 67 heavy (non-hydrogen) atoms. The largest absolute Gasteiger partial charge is 0.481 e. The van der Waals surface area contributed by atoms with E-state index in [-0.39, 0.29) is 53.4 Å². The van der Waals surface area contributed by atoms with Gasteiger partial charge in [0.2, 0.25) is 5.79 Å². The number of Topliss-reactive ketones (excluding diaryl/α,β-unsaturated/α-hetero) is 1. The molecule has 388 valence electrons. The normalized spacial score (nSPS) is 39.6. The van der Waals surface area contributed by atoms with E-state index < -0.39 is 81.9 Å². The van der Waals surface area contributed by atoms with Gasteiger partial charge in [0.1, 0.15) is 11.9 Å². The molecule has 0 amide bonds. The second-order valence-electron chi connectivity index (χ2n) is 22.6. The zero-order valence-electron chi connectivity index (χ0n) is 45.1. The third-order valence-electron chi connectivity index (χ3n) is 19.0. The topological polar surface area (TPSA) is 139 Å². The van der Waals surface area contributed by atoms with Gasteiger partial charge in [0.25, 0.3) is 0 Å². The van der Waals surface area contributed by atoms with Crippen molar-refractivity contribution in [1.29, 1.82) is 0 Å². The summed E-state index contributed by atoms with van der Waals surface area (Å²) in [6, 6.07) is 6.29. The Morgan fingerprint density at radius 2 is 1.37 bits per heavy atom. The average molecular weight is 980 g/mol. The Kier molecular flexibility index (Phi) is 19.4. The van der Waals surface area contributed by atoms with Crippen LogP contribution in [0.15, 0.2) is 12.2 Å². The molecule has 2 spiro atoms. The number of hydrogen-bond acceptors (Lipinski definition) is 10. The summed E-state index contributed by atoms with van der Waals surface area (Å²) in [4.78, 5) is 26.9. The minimum Gasteiger partial charge on any atom is -0.481 e. The highest BCUT2D eigenvalue weighted by molar-refractivity contribution is 6.74. The first-order valence-corrected chi connectivity index (χ1v) is 32.5. The van der Waals surface area contributed by atoms with Crippen molar-refractivity contribution in [3.8, 4) is 0 Å². The molecule has 5 rings (SSSR count). The number of aliphatic carboxylic acids is 1. The first-order valence-electron chi connectivity index (χ1n) is 27.5. The van der Waals surface area contributed by atoms with Crippen LogP contribution in [0, 0.1) is 41.4 Å². The maximum atomic E-state index is 14.9. The van der Waals surface area contributed by atoms with Crippen molar-refractivity contribution in [2.75, 3.05) is 0 Å². The molecule has 0 aliphatic carbocycles. The summed E-state index contributed by atoms with van der Waals surface area (Å²) < 4.78 is 50.8. The van der Waals surface area contributed by atoms with E-state index in [2.05, 4.69) is 95.2 Å². The van der Waals surface area contributed by atoms with Crippen molar-refractivity contribution in [3.05, 3.63) is 12.2 Å². The highest BCUT2D eigenvalue weighted by Gasteiger charge is 2.64. The molecule has 5 heterocycles. The third kappa shape index (κ3) is 11.2. The molecule has 0 aromatic heterocycles. The molecule has 0 saturated carbocycles. The monoisotopic (exact) mass is 979 g/mol. The van der Waals surface area contributed by atoms with Gasteiger partial charge in [-0.25, -0.2) is 0 Å². The zero-order valence-corrected chi connectivity index (χ0v) is 47.1. The standard InChI is InChI=1S/C54H98O11Si2/c1-17-41(50(57)58)43-27-26-35(10)48(60-43)39(14)46(55)38(13)47(56)42(18-2)49-36(11)34-37(12)53(61-49)31-29-45(62-66(20-4,21-5)22-6)54(64-53)33-32-51(16,63-54)44-28-30-52(19-3,40(15)59-44)65-67(23-7,24-8)25-9/h29,31,35-46,48-49,55H,17-28,30,32-34H2,1-16H3,(H,57,58)/t35-,36-,37+,38-,39-,40-,41+,42-,43+,44+,45+,46+,48+,49-,51-,52+,53+,54-/m0/s1. The molecule has 4 fully saturated rings. The van der Waals surface area contributed by atoms with Crippen LogP contribution < -0.4 is 0 Å². The number of carboxylic acid groups (broad SMARTS) is 1. The van der Waals surface area contributed by atoms with E-state index in [0.717, 1.165) is 74.8 Å². The third-order valence-corrected chi connectivity index (χ3v) is 28.4. The highest BCUT2D eigenvalue weighted by atomic mass is 28.4. The summed E-state index contributed by atoms with van der Waals surface area (Å²) in [5.74, 6) is -5.22. The quantitative estimate of drug-likeness (QED) is 0.0791. The van der Waals surface area contributed by atoms with Gasteiger partial charge >= 0.3 is 5.97 Å². The Morgan fingerprint density at radius 3 is 1.91 bits per heavy atom. The molecule has 5 aliphatic rings. The van der Waals surface area contributed by atoms with Crippen LogP contribution in [0.25, 0.3) is 0 Å². The van der Waals surface area contributed by atoms with Crippen LogP contribution in [0.3, 0.4) is 0 Å². The van der Waals surface area contributed by atoms with Crippen molar-refractivity contribution < 1.29 is 52.3 Å². The molecular formula is C54H98O11Si2. The van der Waals surface area contributed by atoms with Crippen LogP contribution in [0.4, 0.5) is 0 Å². The molecule has 13 heteroatoms. The lowest BCUT2D eigenvalue weighted by Crippen LogP contribution is -2.64. The molecule has 18 atom stereocenters. The van der Waals surface area contributed by atoms with Crippen LogP contribution in [-0.2, 0) is 42.1 Å². The van der Waals surface area contributed by atoms with Gasteiger partial charge < -0.3 is 42.7 Å². The van der Waals surface area contributed by atoms with E-state index in [4.69, 9.17) is 32.5 Å². The zero-order chi connectivity index (χ0) is 49.9. The predicted octanol–water partition coefficient (Wildman–Crippen LogP) is 12.2. The summed E-state index contributed by atoms with van der Waals surface area (Å²) in [5, 5.41) is 21.9. The number of rotatable bonds is 22. The molecule has 0 radical (unpaired) electrons. The van der Waals surface area contributed by atoms with Gasteiger partial charge in [-0.2, -0.15) is 0 Å². The fourth-order valence-corrected chi connectivity index (χ4v) is 19.5. The summed E-state index contributed by atoms with van der Waals surface area (Å²) in [6.07, 6.45) is 8.66. The lowest BCUT2D eigenvalue weighted by atomic mass is 9.72. The van der Waals surface area contributed by atoms with Gasteiger partial charge in [0.05, 0.1) is 53.7 Å². The van der Waals surface area contributed by atoms with Crippen molar-refractivity contribution in [3.63, 3.8) is 0 Å². The van der Waals surface area contributed by atoms with Crippen LogP contribution in [0.1, 0.15) is 175 Å². The molecule has 0 aromatic carbocycles. The van der Waals surface area contributed by atoms with Gasteiger partial charge in [-0.3, -0.25) is 9.59 Å². The Morgan fingerprint density at radius 1 is 0.761 bits per heavy atom. The van der Waals surface area contributed by atoms with E-state index in [0.29, 0.717) is 25.7 Å². The summed E-state index contributed by atoms with van der Waals surface area (Å²) in [7, 11) is -4.06. The summed E-state index contributed by atoms with van der Waals surface area (Å²) >= 11 is 0. The number of carbonyl (C=O) groups excluding carboxylic acids is 1. The van der Waals surface area contributed by atoms with Gasteiger partial charge in [-0.05, 0) is 126 Å². The molecule has 0 unspecified atom stereocenters. The van der Waals surface area contributed by atoms with E-state index in [1.54, 1.807) is 0 Å². The predicted molar refractivity (Wildman–Crippen MR) is 271 cm³/mol. The van der Waals surface area contributed by atoms with Crippen molar-refractivity contribution >= 4 is 28.4 Å². The average Bonchev–Trinajstić information content (AvgIpc) is 3.67. The number of carboxylic acids is 1. The van der Waals surface area contributed by atoms with Crippen molar-refractivity contribution in [1.82, 2.24) is 0 Å². The molecule has 0 bridgehead atoms. The SMILES string of the molecule is CC[C@@H](C(=O)[C@@H](C)[C@@H](O)[C@H](C)[C@@H]1O[C@@H]([C@@H](CC)C(=O)O)CC[C@@H]1C)[C@H]1O[C@@]2(C=C[C@@H](O[Si](CC)(CC)CC)[C@]3(CC[C@@](C)([C@H]4CC[C@@](CC)(O[Si](CC)(CC)CC)[C@H](C)O4)O3)O2)[C@H](C)C[C@@H]1C. The number of carbonyl (C=O) groups is 2. The van der Waals surface area contributed by atoms with E-state index >= 15 is 0 Å². The number of aliphatic hydroxyl groups is 1. The number of aliphatic hydroxyl groups excluding tert-OH is 1. The lowest BCUT2D eigenvalue weighted by molar-refractivity contribution is -0.407. The highest BCUT2D eigenvalue weighted by Crippen LogP contribution is 2.56. The maximum Gasteiger partial charge on any atom is 0.309 e. The van der Waals surface area contributed by atoms with E-state index in [1.165, 1.54) is 0 Å². The Balaban J connectivity index is 1.42. The Hall–Kier alpha value is -1.01. The van der Waals surface area contributed by atoms with Crippen LogP contribution in [-0.4, -0.2) is 104 Å². The first kappa shape index (κ1) is 56.9. The maximum absolute atomic E-state index is 14.9. The van der Waals surface area contributed by atoms with Crippen molar-refractivity contribution in [2.24, 2.45) is 41.4 Å². The molecule has 0 aromatic rings. The molecule has 4 saturated heterocycles. The number of hydrogen-bond donors (Lipinski definition) is 2. The smallest absolute Gasteiger partial charge is 0.309 e. The van der Waals surface area contributed by atoms with Gasteiger partial charge in [0, 0.05) is 30.1 Å². The minimum absolute atomic E-state index is 0.0298. The fourth-order valence-electron chi connectivity index (χ4n) is 13.5. The molecular weight excluding hydrogens is 881 g/mol. The lowest BCUT2D eigenvalue weighted by Gasteiger charge is -2.56. The summed E-state index contributed by atoms with van der Waals surface area (Å²) in [6.45, 7) is 34.5. The fraction of sp³-hybridized carbons (Fsp3) is 0.926. The van der Waals surface area contributed by atoms with Gasteiger partial charge in [-0.15, -0.1) is 0 Å². The molecule has 5 aliphatic heterocycles. The van der Waals surface area contributed by atoms with Crippen LogP contribution in [0.5, 0.6) is 0 Å². The van der Waals surface area contributed by atoms with Crippen molar-refractivity contribution in [2.45, 2.75) is 277 Å². The summed E-state index contributed by atoms with van der Waals surface area (Å²) in [5.41, 5.74) is -0.960. The number of ether oxygens (including phenoxy) is 5. The van der Waals surface area contributed by atoms with Crippen LogP contribution >= 0.6 is 0 Å². The Bertz CT molecular complexity index is 1640. The van der Waals surface area contributed by atoms with E-state index in [1.807, 2.05) is 27.7 Å². The van der Waals surface area contributed by atoms with E-state index in [9.17, 15) is 19.8 Å². The van der Waals surface area contributed by atoms with Gasteiger partial charge in [0.15, 0.2) is 22.4 Å².